The van der Waals surface area contributed by atoms with Gasteiger partial charge >= 0.3 is 0 Å². The zero-order chi connectivity index (χ0) is 17.9. The van der Waals surface area contributed by atoms with E-state index in [9.17, 15) is 8.42 Å². The monoisotopic (exact) mass is 376 g/mol. The van der Waals surface area contributed by atoms with E-state index in [2.05, 4.69) is 0 Å². The molecule has 130 valence electrons. The zero-order valence-electron chi connectivity index (χ0n) is 13.7. The predicted octanol–water partition coefficient (Wildman–Crippen LogP) is 1.30. The van der Waals surface area contributed by atoms with Crippen LogP contribution in [-0.4, -0.2) is 38.9 Å². The molecule has 1 aliphatic rings. The molecule has 0 bridgehead atoms. The molecule has 0 aromatic heterocycles. The molecule has 25 heavy (non-hydrogen) atoms. The van der Waals surface area contributed by atoms with Gasteiger partial charge in [0.1, 0.15) is 12.6 Å². The molecule has 5 nitrogen and oxygen atoms in total. The molecular weight excluding hydrogens is 358 g/mol. The number of quaternary nitrogens is 1. The van der Waals surface area contributed by atoms with Crippen LogP contribution in [0.3, 0.4) is 0 Å². The second kappa shape index (κ2) is 7.54. The van der Waals surface area contributed by atoms with Gasteiger partial charge in [-0.25, -0.2) is 8.42 Å². The molecule has 0 unspecified atom stereocenters. The minimum atomic E-state index is -3.64. The Kier molecular flexibility index (Phi) is 5.40. The van der Waals surface area contributed by atoms with E-state index >= 15 is 0 Å². The summed E-state index contributed by atoms with van der Waals surface area (Å²) in [7, 11) is -3.64. The number of hydrogen-bond donors (Lipinski definition) is 1. The first-order chi connectivity index (χ1) is 12.0. The van der Waals surface area contributed by atoms with Crippen molar-refractivity contribution in [3.05, 3.63) is 64.7 Å². The van der Waals surface area contributed by atoms with Gasteiger partial charge in [0.2, 0.25) is 10.0 Å². The number of nitrogens with zero attached hydrogens (tertiary/aromatic N) is 2. The van der Waals surface area contributed by atoms with E-state index in [1.165, 1.54) is 21.3 Å². The van der Waals surface area contributed by atoms with Crippen molar-refractivity contribution < 1.29 is 13.3 Å². The highest BCUT2D eigenvalue weighted by molar-refractivity contribution is 7.89. The van der Waals surface area contributed by atoms with Gasteiger partial charge < -0.3 is 4.90 Å². The number of rotatable bonds is 4. The Morgan fingerprint density at radius 3 is 2.40 bits per heavy atom. The van der Waals surface area contributed by atoms with Crippen LogP contribution in [0.15, 0.2) is 53.4 Å². The second-order valence-corrected chi connectivity index (χ2v) is 8.34. The summed E-state index contributed by atoms with van der Waals surface area (Å²) in [4.78, 5) is 1.39. The number of piperazine rings is 1. The Balaban J connectivity index is 1.70. The molecule has 0 aliphatic carbocycles. The molecule has 1 N–H and O–H groups in total. The van der Waals surface area contributed by atoms with Crippen molar-refractivity contribution in [2.45, 2.75) is 11.4 Å². The van der Waals surface area contributed by atoms with E-state index in [0.717, 1.165) is 17.1 Å². The molecule has 0 spiro atoms. The number of benzene rings is 2. The van der Waals surface area contributed by atoms with Crippen LogP contribution >= 0.6 is 11.6 Å². The van der Waals surface area contributed by atoms with E-state index in [1.807, 2.05) is 30.3 Å². The van der Waals surface area contributed by atoms with E-state index in [1.54, 1.807) is 12.1 Å². The normalized spacial score (nSPS) is 16.5. The van der Waals surface area contributed by atoms with E-state index in [0.29, 0.717) is 26.2 Å². The minimum absolute atomic E-state index is 0.0899. The molecule has 0 amide bonds. The predicted molar refractivity (Wildman–Crippen MR) is 95.8 cm³/mol. The van der Waals surface area contributed by atoms with Gasteiger partial charge in [0.15, 0.2) is 0 Å². The van der Waals surface area contributed by atoms with Crippen LogP contribution in [-0.2, 0) is 16.6 Å². The van der Waals surface area contributed by atoms with Gasteiger partial charge in [0.05, 0.1) is 36.6 Å². The van der Waals surface area contributed by atoms with Crippen LogP contribution in [0.2, 0.25) is 5.02 Å². The highest BCUT2D eigenvalue weighted by Gasteiger charge is 2.32. The largest absolute Gasteiger partial charge is 0.329 e. The fourth-order valence-corrected chi connectivity index (χ4v) is 4.84. The highest BCUT2D eigenvalue weighted by atomic mass is 35.5. The first kappa shape index (κ1) is 17.9. The zero-order valence-corrected chi connectivity index (χ0v) is 15.2. The van der Waals surface area contributed by atoms with Crippen molar-refractivity contribution in [2.75, 3.05) is 26.2 Å². The third-order valence-electron chi connectivity index (χ3n) is 4.45. The van der Waals surface area contributed by atoms with Crippen LogP contribution in [0.5, 0.6) is 0 Å². The van der Waals surface area contributed by atoms with E-state index in [4.69, 9.17) is 16.9 Å². The SMILES string of the molecule is N#Cc1ccccc1S(=O)(=O)N1CC[NH+](Cc2ccccc2Cl)CC1. The summed E-state index contributed by atoms with van der Waals surface area (Å²) < 4.78 is 27.1. The standard InChI is InChI=1S/C18H18ClN3O2S/c19-17-7-3-1-6-16(17)14-21-9-11-22(12-10-21)25(23,24)18-8-4-2-5-15(18)13-20/h1-8H,9-12,14H2/p+1. The fraction of sp³-hybridized carbons (Fsp3) is 0.278. The maximum Gasteiger partial charge on any atom is 0.244 e. The quantitative estimate of drug-likeness (QED) is 0.874. The summed E-state index contributed by atoms with van der Waals surface area (Å²) in [6.07, 6.45) is 0. The number of nitriles is 1. The molecule has 1 aliphatic heterocycles. The average molecular weight is 377 g/mol. The van der Waals surface area contributed by atoms with Crippen molar-refractivity contribution in [1.29, 1.82) is 5.26 Å². The minimum Gasteiger partial charge on any atom is -0.329 e. The molecule has 3 rings (SSSR count). The van der Waals surface area contributed by atoms with Gasteiger partial charge in [-0.1, -0.05) is 41.9 Å². The first-order valence-electron chi connectivity index (χ1n) is 8.08. The summed E-state index contributed by atoms with van der Waals surface area (Å²) in [5.74, 6) is 0. The van der Waals surface area contributed by atoms with Gasteiger partial charge in [-0.2, -0.15) is 9.57 Å². The van der Waals surface area contributed by atoms with Crippen LogP contribution in [0.1, 0.15) is 11.1 Å². The lowest BCUT2D eigenvalue weighted by atomic mass is 10.2. The van der Waals surface area contributed by atoms with Crippen LogP contribution in [0.4, 0.5) is 0 Å². The fourth-order valence-electron chi connectivity index (χ4n) is 3.05. The number of halogens is 1. The Bertz CT molecular complexity index is 901. The summed E-state index contributed by atoms with van der Waals surface area (Å²) in [6.45, 7) is 3.06. The lowest BCUT2D eigenvalue weighted by molar-refractivity contribution is -0.917. The van der Waals surface area contributed by atoms with Crippen molar-refractivity contribution >= 4 is 21.6 Å². The Morgan fingerprint density at radius 2 is 1.72 bits per heavy atom. The Morgan fingerprint density at radius 1 is 1.08 bits per heavy atom. The van der Waals surface area contributed by atoms with Gasteiger partial charge in [-0.05, 0) is 18.2 Å². The topological polar surface area (TPSA) is 65.6 Å². The lowest BCUT2D eigenvalue weighted by Crippen LogP contribution is -3.13. The van der Waals surface area contributed by atoms with Crippen molar-refractivity contribution in [3.8, 4) is 6.07 Å². The van der Waals surface area contributed by atoms with Gasteiger partial charge in [0, 0.05) is 10.6 Å². The van der Waals surface area contributed by atoms with Crippen molar-refractivity contribution in [3.63, 3.8) is 0 Å². The second-order valence-electron chi connectivity index (χ2n) is 6.03. The maximum atomic E-state index is 12.8. The van der Waals surface area contributed by atoms with Crippen molar-refractivity contribution in [2.24, 2.45) is 0 Å². The summed E-state index contributed by atoms with van der Waals surface area (Å²) in [5, 5.41) is 9.91. The molecule has 0 radical (unpaired) electrons. The molecule has 7 heteroatoms. The summed E-state index contributed by atoms with van der Waals surface area (Å²) >= 11 is 6.21. The van der Waals surface area contributed by atoms with Crippen LogP contribution in [0, 0.1) is 11.3 Å². The molecular formula is C18H19ClN3O2S+. The first-order valence-corrected chi connectivity index (χ1v) is 9.90. The Labute approximate surface area is 153 Å². The number of hydrogen-bond acceptors (Lipinski definition) is 3. The maximum absolute atomic E-state index is 12.8. The van der Waals surface area contributed by atoms with Crippen LogP contribution in [0.25, 0.3) is 0 Å². The molecule has 1 fully saturated rings. The number of sulfonamides is 1. The molecule has 2 aromatic rings. The summed E-state index contributed by atoms with van der Waals surface area (Å²) in [6, 6.07) is 16.0. The highest BCUT2D eigenvalue weighted by Crippen LogP contribution is 2.19. The molecule has 0 saturated carbocycles. The molecule has 1 saturated heterocycles. The van der Waals surface area contributed by atoms with Gasteiger partial charge in [-0.3, -0.25) is 0 Å². The average Bonchev–Trinajstić information content (AvgIpc) is 2.64. The van der Waals surface area contributed by atoms with Gasteiger partial charge in [0.25, 0.3) is 0 Å². The van der Waals surface area contributed by atoms with E-state index in [-0.39, 0.29) is 10.5 Å². The summed E-state index contributed by atoms with van der Waals surface area (Å²) in [5.41, 5.74) is 1.26. The number of nitrogens with one attached hydrogen (secondary N) is 1. The smallest absolute Gasteiger partial charge is 0.244 e. The van der Waals surface area contributed by atoms with Crippen molar-refractivity contribution in [1.82, 2.24) is 4.31 Å². The van der Waals surface area contributed by atoms with Gasteiger partial charge in [-0.15, -0.1) is 0 Å². The lowest BCUT2D eigenvalue weighted by Gasteiger charge is -2.31. The molecule has 1 heterocycles. The third-order valence-corrected chi connectivity index (χ3v) is 6.78. The Hall–Kier alpha value is -1.91. The molecule has 2 aromatic carbocycles. The third kappa shape index (κ3) is 3.86. The van der Waals surface area contributed by atoms with Crippen LogP contribution < -0.4 is 4.90 Å². The molecule has 0 atom stereocenters. The van der Waals surface area contributed by atoms with E-state index < -0.39 is 10.0 Å².